The van der Waals surface area contributed by atoms with Crippen molar-refractivity contribution in [3.63, 3.8) is 0 Å². The molecule has 0 saturated carbocycles. The standard InChI is InChI=1S/C34H37F3N4O4Si/c1-33(2,3)46(24-14-7-5-8-15-24,25-16-9-6-10-17-25)44-21-27-26(42)19-29(45-27)41-20-23(13-11-12-18-28(43)34(35,36)37)30-31(38-4)39-22-40-32(30)41/h5-10,14-17,20,22,26-27,29,42H,12,18-19,21H2,1-4H3,(H,38,39,40)/t26?,27-,29-/m1/s1. The first-order valence-corrected chi connectivity index (χ1v) is 17.0. The number of nitrogens with zero attached hydrogens (tertiary/aromatic N) is 3. The van der Waals surface area contributed by atoms with Gasteiger partial charge >= 0.3 is 6.18 Å². The van der Waals surface area contributed by atoms with E-state index in [0.717, 1.165) is 10.4 Å². The summed E-state index contributed by atoms with van der Waals surface area (Å²) in [4.78, 5) is 20.0. The van der Waals surface area contributed by atoms with Gasteiger partial charge in [-0.1, -0.05) is 93.3 Å². The van der Waals surface area contributed by atoms with Crippen LogP contribution in [0.15, 0.2) is 73.2 Å². The van der Waals surface area contributed by atoms with Crippen molar-refractivity contribution in [2.45, 2.75) is 69.7 Å². The zero-order valence-corrected chi connectivity index (χ0v) is 27.1. The molecule has 4 aromatic rings. The molecular formula is C34H37F3N4O4Si. The summed E-state index contributed by atoms with van der Waals surface area (Å²) >= 11 is 0. The van der Waals surface area contributed by atoms with E-state index in [-0.39, 0.29) is 24.5 Å². The lowest BCUT2D eigenvalue weighted by molar-refractivity contribution is -0.170. The Morgan fingerprint density at radius 3 is 2.28 bits per heavy atom. The number of fused-ring (bicyclic) bond motifs is 1. The van der Waals surface area contributed by atoms with Crippen LogP contribution in [-0.4, -0.2) is 65.8 Å². The molecule has 1 aliphatic heterocycles. The molecule has 8 nitrogen and oxygen atoms in total. The third-order valence-corrected chi connectivity index (χ3v) is 13.3. The number of rotatable bonds is 9. The van der Waals surface area contributed by atoms with Gasteiger partial charge in [0.25, 0.3) is 8.32 Å². The van der Waals surface area contributed by atoms with Gasteiger partial charge in [0.15, 0.2) is 0 Å². The summed E-state index contributed by atoms with van der Waals surface area (Å²) in [5.41, 5.74) is 0.949. The highest BCUT2D eigenvalue weighted by molar-refractivity contribution is 6.99. The number of Topliss-reactive ketones (excluding diaryl/α,β-unsaturated/α-hetero) is 1. The molecule has 1 unspecified atom stereocenters. The lowest BCUT2D eigenvalue weighted by atomic mass is 10.2. The number of carbonyl (C=O) groups excluding carboxylic acids is 1. The summed E-state index contributed by atoms with van der Waals surface area (Å²) in [6, 6.07) is 20.4. The second-order valence-corrected chi connectivity index (χ2v) is 16.6. The van der Waals surface area contributed by atoms with Crippen LogP contribution in [-0.2, 0) is 14.0 Å². The van der Waals surface area contributed by atoms with Crippen molar-refractivity contribution < 1.29 is 32.2 Å². The SMILES string of the molecule is CNc1ncnc2c1c(C#CCCC(=O)C(F)(F)F)cn2[C@H]1CC(O)[C@@H](CO[Si](c2ccccc2)(c2ccccc2)C(C)(C)C)O1. The number of ether oxygens (including phenoxy) is 1. The zero-order chi connectivity index (χ0) is 33.1. The van der Waals surface area contributed by atoms with Crippen LogP contribution in [0.5, 0.6) is 0 Å². The second kappa shape index (κ2) is 13.4. The van der Waals surface area contributed by atoms with Gasteiger partial charge < -0.3 is 24.2 Å². The number of ketones is 1. The predicted molar refractivity (Wildman–Crippen MR) is 172 cm³/mol. The number of nitrogens with one attached hydrogen (secondary N) is 1. The van der Waals surface area contributed by atoms with Gasteiger partial charge in [-0.3, -0.25) is 4.79 Å². The van der Waals surface area contributed by atoms with E-state index in [0.29, 0.717) is 22.4 Å². The molecule has 46 heavy (non-hydrogen) atoms. The Balaban J connectivity index is 1.43. The average molecular weight is 651 g/mol. The van der Waals surface area contributed by atoms with Crippen LogP contribution in [0.3, 0.4) is 0 Å². The van der Waals surface area contributed by atoms with E-state index < -0.39 is 45.1 Å². The number of carbonyl (C=O) groups is 1. The topological polar surface area (TPSA) is 98.5 Å². The minimum Gasteiger partial charge on any atom is -0.405 e. The summed E-state index contributed by atoms with van der Waals surface area (Å²) in [6.45, 7) is 6.70. The Labute approximate surface area is 267 Å². The van der Waals surface area contributed by atoms with Crippen LogP contribution in [0.25, 0.3) is 11.0 Å². The van der Waals surface area contributed by atoms with E-state index in [1.54, 1.807) is 17.8 Å². The number of aromatic nitrogens is 3. The molecule has 3 atom stereocenters. The molecule has 2 N–H and O–H groups in total. The Hall–Kier alpha value is -4.02. The zero-order valence-electron chi connectivity index (χ0n) is 26.1. The number of alkyl halides is 3. The third-order valence-electron chi connectivity index (χ3n) is 8.26. The van der Waals surface area contributed by atoms with Crippen LogP contribution >= 0.6 is 0 Å². The van der Waals surface area contributed by atoms with Gasteiger partial charge in [-0.25, -0.2) is 9.97 Å². The Bertz CT molecular complexity index is 1690. The Morgan fingerprint density at radius 1 is 1.09 bits per heavy atom. The number of aliphatic hydroxyl groups excluding tert-OH is 1. The van der Waals surface area contributed by atoms with Gasteiger partial charge in [0.2, 0.25) is 5.78 Å². The fraction of sp³-hybridized carbons (Fsp3) is 0.382. The summed E-state index contributed by atoms with van der Waals surface area (Å²) in [7, 11) is -1.19. The monoisotopic (exact) mass is 650 g/mol. The molecule has 12 heteroatoms. The lowest BCUT2D eigenvalue weighted by Gasteiger charge is -2.43. The molecule has 0 radical (unpaired) electrons. The number of anilines is 1. The van der Waals surface area contributed by atoms with Gasteiger partial charge in [0.05, 0.1) is 23.7 Å². The maximum atomic E-state index is 12.6. The highest BCUT2D eigenvalue weighted by Crippen LogP contribution is 2.39. The fourth-order valence-corrected chi connectivity index (χ4v) is 10.6. The Kier molecular flexibility index (Phi) is 9.69. The van der Waals surface area contributed by atoms with Gasteiger partial charge in [0.1, 0.15) is 30.1 Å². The number of halogens is 3. The molecular weight excluding hydrogens is 613 g/mol. The van der Waals surface area contributed by atoms with Crippen LogP contribution in [0.2, 0.25) is 5.04 Å². The van der Waals surface area contributed by atoms with E-state index in [1.165, 1.54) is 6.33 Å². The molecule has 242 valence electrons. The molecule has 0 aliphatic carbocycles. The van der Waals surface area contributed by atoms with Crippen molar-refractivity contribution in [1.82, 2.24) is 14.5 Å². The third kappa shape index (κ3) is 6.59. The van der Waals surface area contributed by atoms with Crippen LogP contribution < -0.4 is 15.7 Å². The lowest BCUT2D eigenvalue weighted by Crippen LogP contribution is -2.67. The quantitative estimate of drug-likeness (QED) is 0.195. The predicted octanol–water partition coefficient (Wildman–Crippen LogP) is 4.96. The average Bonchev–Trinajstić information content (AvgIpc) is 3.59. The number of benzene rings is 2. The number of hydrogen-bond acceptors (Lipinski definition) is 7. The van der Waals surface area contributed by atoms with Gasteiger partial charge in [0, 0.05) is 32.5 Å². The molecule has 2 aromatic carbocycles. The van der Waals surface area contributed by atoms with Crippen molar-refractivity contribution in [3.05, 3.63) is 78.8 Å². The molecule has 1 aliphatic rings. The molecule has 0 bridgehead atoms. The summed E-state index contributed by atoms with van der Waals surface area (Å²) < 4.78 is 53.1. The fourth-order valence-electron chi connectivity index (χ4n) is 6.07. The largest absolute Gasteiger partial charge is 0.450 e. The minimum absolute atomic E-state index is 0.154. The van der Waals surface area contributed by atoms with Crippen molar-refractivity contribution in [2.75, 3.05) is 19.0 Å². The van der Waals surface area contributed by atoms with Crippen molar-refractivity contribution in [1.29, 1.82) is 0 Å². The van der Waals surface area contributed by atoms with Crippen LogP contribution in [0, 0.1) is 11.8 Å². The van der Waals surface area contributed by atoms with Crippen molar-refractivity contribution >= 4 is 41.3 Å². The van der Waals surface area contributed by atoms with Gasteiger partial charge in [-0.15, -0.1) is 0 Å². The molecule has 1 saturated heterocycles. The maximum Gasteiger partial charge on any atom is 0.450 e. The van der Waals surface area contributed by atoms with Crippen molar-refractivity contribution in [3.8, 4) is 11.8 Å². The minimum atomic E-state index is -4.89. The summed E-state index contributed by atoms with van der Waals surface area (Å²) in [5, 5.41) is 16.8. The molecule has 1 fully saturated rings. The molecule has 0 amide bonds. The first-order valence-electron chi connectivity index (χ1n) is 15.1. The van der Waals surface area contributed by atoms with E-state index in [2.05, 4.69) is 72.2 Å². The highest BCUT2D eigenvalue weighted by Gasteiger charge is 2.51. The normalized spacial score (nSPS) is 18.7. The maximum absolute atomic E-state index is 12.6. The van der Waals surface area contributed by atoms with E-state index in [9.17, 15) is 23.1 Å². The summed E-state index contributed by atoms with van der Waals surface area (Å²) in [6.07, 6.45) is -4.63. The van der Waals surface area contributed by atoms with Crippen molar-refractivity contribution in [2.24, 2.45) is 0 Å². The number of hydrogen-bond donors (Lipinski definition) is 2. The van der Waals surface area contributed by atoms with E-state index in [4.69, 9.17) is 9.16 Å². The van der Waals surface area contributed by atoms with Gasteiger partial charge in [-0.05, 0) is 15.4 Å². The van der Waals surface area contributed by atoms with Gasteiger partial charge in [-0.2, -0.15) is 13.2 Å². The second-order valence-electron chi connectivity index (χ2n) is 12.3. The first-order chi connectivity index (χ1) is 21.9. The van der Waals surface area contributed by atoms with E-state index in [1.807, 2.05) is 36.4 Å². The number of aliphatic hydroxyl groups is 1. The van der Waals surface area contributed by atoms with E-state index >= 15 is 0 Å². The molecule has 5 rings (SSSR count). The molecule has 0 spiro atoms. The Morgan fingerprint density at radius 2 is 1.72 bits per heavy atom. The summed E-state index contributed by atoms with van der Waals surface area (Å²) in [5.74, 6) is 4.22. The smallest absolute Gasteiger partial charge is 0.405 e. The molecule has 3 heterocycles. The van der Waals surface area contributed by atoms with Crippen LogP contribution in [0.4, 0.5) is 19.0 Å². The van der Waals surface area contributed by atoms with Crippen LogP contribution in [0.1, 0.15) is 51.8 Å². The highest BCUT2D eigenvalue weighted by atomic mass is 28.4. The first kappa shape index (κ1) is 33.3. The molecule has 2 aromatic heterocycles.